The Bertz CT molecular complexity index is 609. The van der Waals surface area contributed by atoms with E-state index in [-0.39, 0.29) is 6.04 Å². The van der Waals surface area contributed by atoms with Crippen LogP contribution in [0.5, 0.6) is 0 Å². The molecule has 0 radical (unpaired) electrons. The van der Waals surface area contributed by atoms with Crippen molar-refractivity contribution in [2.45, 2.75) is 25.3 Å². The van der Waals surface area contributed by atoms with Crippen LogP contribution in [0, 0.1) is 6.92 Å². The van der Waals surface area contributed by atoms with Crippen molar-refractivity contribution >= 4 is 11.6 Å². The highest BCUT2D eigenvalue weighted by molar-refractivity contribution is 6.31. The van der Waals surface area contributed by atoms with Crippen LogP contribution in [0.1, 0.15) is 34.2 Å². The molecule has 2 aromatic rings. The second kappa shape index (κ2) is 4.97. The molecule has 2 atom stereocenters. The first kappa shape index (κ1) is 12.7. The fraction of sp³-hybridized carbons (Fsp3) is 0.250. The lowest BCUT2D eigenvalue weighted by atomic mass is 9.72. The summed E-state index contributed by atoms with van der Waals surface area (Å²) in [6.07, 6.45) is 1.07. The van der Waals surface area contributed by atoms with Gasteiger partial charge in [0.15, 0.2) is 0 Å². The quantitative estimate of drug-likeness (QED) is 0.663. The molecule has 0 aromatic heterocycles. The lowest BCUT2D eigenvalue weighted by Crippen LogP contribution is -2.37. The van der Waals surface area contributed by atoms with E-state index in [1.165, 1.54) is 11.1 Å². The Hall–Kier alpha value is -1.35. The minimum Gasteiger partial charge on any atom is -0.271 e. The van der Waals surface area contributed by atoms with Crippen LogP contribution in [0.25, 0.3) is 0 Å². The van der Waals surface area contributed by atoms with Crippen LogP contribution in [0.15, 0.2) is 42.5 Å². The average molecular weight is 273 g/mol. The number of nitrogens with two attached hydrogens (primary N) is 1. The summed E-state index contributed by atoms with van der Waals surface area (Å²) in [5, 5.41) is 0.797. The van der Waals surface area contributed by atoms with Gasteiger partial charge in [-0.05, 0) is 41.7 Å². The fourth-order valence-electron chi connectivity index (χ4n) is 2.84. The topological polar surface area (TPSA) is 38.0 Å². The second-order valence-electron chi connectivity index (χ2n) is 5.16. The molecule has 0 bridgehead atoms. The number of hydrogen-bond acceptors (Lipinski definition) is 2. The molecule has 3 rings (SSSR count). The number of rotatable bonds is 3. The molecule has 1 aliphatic carbocycles. The van der Waals surface area contributed by atoms with Crippen molar-refractivity contribution in [3.63, 3.8) is 0 Å². The smallest absolute Gasteiger partial charge is 0.0532 e. The third-order valence-corrected chi connectivity index (χ3v) is 4.44. The van der Waals surface area contributed by atoms with Crippen LogP contribution in [0.2, 0.25) is 5.02 Å². The standard InChI is InChI=1S/C16H17ClN2/c1-10-6-7-12(9-15(10)17)16(19-18)14-8-11-4-2-3-5-13(11)14/h2-7,9,14,16,19H,8,18H2,1H3. The van der Waals surface area contributed by atoms with Gasteiger partial charge in [0.2, 0.25) is 0 Å². The summed E-state index contributed by atoms with van der Waals surface area (Å²) in [7, 11) is 0. The molecule has 98 valence electrons. The minimum atomic E-state index is 0.119. The van der Waals surface area contributed by atoms with Gasteiger partial charge in [0.25, 0.3) is 0 Å². The molecule has 0 heterocycles. The fourth-order valence-corrected chi connectivity index (χ4v) is 3.03. The summed E-state index contributed by atoms with van der Waals surface area (Å²) < 4.78 is 0. The van der Waals surface area contributed by atoms with Gasteiger partial charge < -0.3 is 0 Å². The van der Waals surface area contributed by atoms with E-state index in [2.05, 4.69) is 35.8 Å². The second-order valence-corrected chi connectivity index (χ2v) is 5.57. The highest BCUT2D eigenvalue weighted by Crippen LogP contribution is 2.43. The Morgan fingerprint density at radius 2 is 2.05 bits per heavy atom. The number of benzene rings is 2. The van der Waals surface area contributed by atoms with Crippen LogP contribution in [0.4, 0.5) is 0 Å². The molecule has 2 unspecified atom stereocenters. The summed E-state index contributed by atoms with van der Waals surface area (Å²) in [5.74, 6) is 6.20. The molecule has 0 saturated carbocycles. The molecular weight excluding hydrogens is 256 g/mol. The molecule has 3 N–H and O–H groups in total. The van der Waals surface area contributed by atoms with E-state index in [1.807, 2.05) is 19.1 Å². The van der Waals surface area contributed by atoms with Gasteiger partial charge in [-0.15, -0.1) is 0 Å². The van der Waals surface area contributed by atoms with E-state index < -0.39 is 0 Å². The van der Waals surface area contributed by atoms with Crippen molar-refractivity contribution < 1.29 is 0 Å². The van der Waals surface area contributed by atoms with Gasteiger partial charge in [-0.25, -0.2) is 0 Å². The summed E-state index contributed by atoms with van der Waals surface area (Å²) in [5.41, 5.74) is 8.01. The summed E-state index contributed by atoms with van der Waals surface area (Å²) in [6.45, 7) is 2.01. The molecule has 0 fully saturated rings. The summed E-state index contributed by atoms with van der Waals surface area (Å²) in [6, 6.07) is 14.8. The Balaban J connectivity index is 1.92. The van der Waals surface area contributed by atoms with Crippen LogP contribution in [-0.4, -0.2) is 0 Å². The average Bonchev–Trinajstić information content (AvgIpc) is 2.39. The SMILES string of the molecule is Cc1ccc(C(NN)C2Cc3ccccc32)cc1Cl. The first-order chi connectivity index (χ1) is 9.20. The van der Waals surface area contributed by atoms with E-state index in [4.69, 9.17) is 17.4 Å². The predicted molar refractivity (Wildman–Crippen MR) is 79.1 cm³/mol. The molecule has 0 amide bonds. The van der Waals surface area contributed by atoms with Gasteiger partial charge >= 0.3 is 0 Å². The molecule has 19 heavy (non-hydrogen) atoms. The summed E-state index contributed by atoms with van der Waals surface area (Å²) in [4.78, 5) is 0. The van der Waals surface area contributed by atoms with Gasteiger partial charge in [0, 0.05) is 10.9 Å². The van der Waals surface area contributed by atoms with Crippen LogP contribution in [-0.2, 0) is 6.42 Å². The highest BCUT2D eigenvalue weighted by atomic mass is 35.5. The first-order valence-corrected chi connectivity index (χ1v) is 6.88. The Labute approximate surface area is 118 Å². The molecule has 0 spiro atoms. The van der Waals surface area contributed by atoms with Gasteiger partial charge in [-0.1, -0.05) is 48.0 Å². The number of fused-ring (bicyclic) bond motifs is 1. The number of aryl methyl sites for hydroxylation is 1. The van der Waals surface area contributed by atoms with Crippen LogP contribution < -0.4 is 11.3 Å². The maximum Gasteiger partial charge on any atom is 0.0532 e. The number of halogens is 1. The monoisotopic (exact) mass is 272 g/mol. The normalized spacial score (nSPS) is 18.6. The molecule has 3 heteroatoms. The predicted octanol–water partition coefficient (Wildman–Crippen LogP) is 3.49. The van der Waals surface area contributed by atoms with Gasteiger partial charge in [-0.3, -0.25) is 11.3 Å². The van der Waals surface area contributed by atoms with Crippen LogP contribution >= 0.6 is 11.6 Å². The maximum atomic E-state index is 6.21. The zero-order chi connectivity index (χ0) is 13.4. The Morgan fingerprint density at radius 1 is 1.26 bits per heavy atom. The Morgan fingerprint density at radius 3 is 2.74 bits per heavy atom. The minimum absolute atomic E-state index is 0.119. The van der Waals surface area contributed by atoms with Crippen molar-refractivity contribution in [1.82, 2.24) is 5.43 Å². The van der Waals surface area contributed by atoms with Gasteiger partial charge in [-0.2, -0.15) is 0 Å². The maximum absolute atomic E-state index is 6.21. The van der Waals surface area contributed by atoms with Gasteiger partial charge in [0.05, 0.1) is 6.04 Å². The lowest BCUT2D eigenvalue weighted by molar-refractivity contribution is 0.419. The number of nitrogens with one attached hydrogen (secondary N) is 1. The Kier molecular flexibility index (Phi) is 3.31. The number of hydrogen-bond donors (Lipinski definition) is 2. The van der Waals surface area contributed by atoms with E-state index in [0.717, 1.165) is 22.6 Å². The third kappa shape index (κ3) is 2.16. The molecule has 2 nitrogen and oxygen atoms in total. The third-order valence-electron chi connectivity index (χ3n) is 4.03. The van der Waals surface area contributed by atoms with Gasteiger partial charge in [0.1, 0.15) is 0 Å². The summed E-state index contributed by atoms with van der Waals surface area (Å²) >= 11 is 6.21. The van der Waals surface area contributed by atoms with Crippen molar-refractivity contribution in [2.24, 2.45) is 5.84 Å². The number of hydrazine groups is 1. The molecular formula is C16H17ClN2. The van der Waals surface area contributed by atoms with Crippen LogP contribution in [0.3, 0.4) is 0 Å². The highest BCUT2D eigenvalue weighted by Gasteiger charge is 2.33. The van der Waals surface area contributed by atoms with Crippen molar-refractivity contribution in [3.8, 4) is 0 Å². The zero-order valence-corrected chi connectivity index (χ0v) is 11.6. The van der Waals surface area contributed by atoms with Crippen molar-refractivity contribution in [2.75, 3.05) is 0 Å². The first-order valence-electron chi connectivity index (χ1n) is 6.50. The molecule has 2 aromatic carbocycles. The van der Waals surface area contributed by atoms with E-state index in [0.29, 0.717) is 5.92 Å². The lowest BCUT2D eigenvalue weighted by Gasteiger charge is -2.36. The van der Waals surface area contributed by atoms with E-state index in [1.54, 1.807) is 0 Å². The molecule has 1 aliphatic rings. The molecule has 0 aliphatic heterocycles. The largest absolute Gasteiger partial charge is 0.271 e. The van der Waals surface area contributed by atoms with Crippen molar-refractivity contribution in [3.05, 3.63) is 69.7 Å². The van der Waals surface area contributed by atoms with E-state index >= 15 is 0 Å². The van der Waals surface area contributed by atoms with E-state index in [9.17, 15) is 0 Å². The molecule has 0 saturated heterocycles. The van der Waals surface area contributed by atoms with Crippen molar-refractivity contribution in [1.29, 1.82) is 0 Å². The zero-order valence-electron chi connectivity index (χ0n) is 10.9.